The number of nitrogens with zero attached hydrogens (tertiary/aromatic N) is 1. The molecule has 4 nitrogen and oxygen atoms in total. The molecule has 148 valence electrons. The molecule has 0 spiro atoms. The molecule has 0 bridgehead atoms. The number of fused-ring (bicyclic) bond motifs is 1. The fraction of sp³-hybridized carbons (Fsp3) is 0.458. The van der Waals surface area contributed by atoms with Crippen molar-refractivity contribution in [3.05, 3.63) is 59.2 Å². The van der Waals surface area contributed by atoms with E-state index in [9.17, 15) is 4.79 Å². The molecule has 28 heavy (non-hydrogen) atoms. The molecule has 0 aromatic heterocycles. The summed E-state index contributed by atoms with van der Waals surface area (Å²) in [4.78, 5) is 14.0. The van der Waals surface area contributed by atoms with Crippen LogP contribution in [0.1, 0.15) is 59.8 Å². The number of piperidine rings is 1. The van der Waals surface area contributed by atoms with Gasteiger partial charge in [-0.2, -0.15) is 0 Å². The Morgan fingerprint density at radius 2 is 1.82 bits per heavy atom. The van der Waals surface area contributed by atoms with Crippen LogP contribution in [-0.4, -0.2) is 37.9 Å². The number of ketones is 1. The van der Waals surface area contributed by atoms with Crippen LogP contribution < -0.4 is 9.47 Å². The Kier molecular flexibility index (Phi) is 2.56. The Labute approximate surface area is 187 Å². The van der Waals surface area contributed by atoms with E-state index in [0.29, 0.717) is 0 Å². The van der Waals surface area contributed by atoms with Gasteiger partial charge in [-0.1, -0.05) is 30.3 Å². The normalized spacial score (nSPS) is 40.9. The number of ether oxygens (including phenoxy) is 2. The molecule has 1 unspecified atom stereocenters. The molecule has 0 amide bonds. The molecule has 1 atom stereocenters. The van der Waals surface area contributed by atoms with Crippen LogP contribution in [0.4, 0.5) is 0 Å². The lowest BCUT2D eigenvalue weighted by molar-refractivity contribution is 0.0895. The Morgan fingerprint density at radius 1 is 1.14 bits per heavy atom. The molecule has 1 aliphatic heterocycles. The summed E-state index contributed by atoms with van der Waals surface area (Å²) in [5.74, 6) is -9.78. The summed E-state index contributed by atoms with van der Waals surface area (Å²) in [6, 6.07) is 9.60. The van der Waals surface area contributed by atoms with Crippen LogP contribution in [0.5, 0.6) is 11.5 Å². The smallest absolute Gasteiger partial charge is 0.166 e. The molecule has 1 fully saturated rings. The Morgan fingerprint density at radius 3 is 2.50 bits per heavy atom. The standard InChI is InChI=1S/C24H29NO3/c1-27-22-14-19-13-20(24(26)21(19)15-23(22)28-2)12-17-8-10-25(11-9-17)16-18-6-4-3-5-7-18/h3-7,14-15,17,20H,8-13,16H2,1-2H3/i8D2,9D2,10D2,11D2,12D2,13D2,17D,20D. The monoisotopic (exact) mass is 393 g/mol. The van der Waals surface area contributed by atoms with E-state index in [-0.39, 0.29) is 22.0 Å². The van der Waals surface area contributed by atoms with E-state index >= 15 is 0 Å². The zero-order valence-electron chi connectivity index (χ0n) is 29.4. The van der Waals surface area contributed by atoms with Crippen LogP contribution in [0.2, 0.25) is 0 Å². The maximum absolute atomic E-state index is 13.8. The number of rotatable bonds is 6. The summed E-state index contributed by atoms with van der Waals surface area (Å²) in [7, 11) is 2.42. The summed E-state index contributed by atoms with van der Waals surface area (Å²) < 4.78 is 134. The molecule has 1 aliphatic carbocycles. The van der Waals surface area contributed by atoms with E-state index in [1.807, 2.05) is 0 Å². The number of likely N-dealkylation sites (tertiary alicyclic amines) is 1. The van der Waals surface area contributed by atoms with Crippen molar-refractivity contribution in [2.24, 2.45) is 11.8 Å². The predicted octanol–water partition coefficient (Wildman–Crippen LogP) is 4.36. The molecule has 0 N–H and O–H groups in total. The van der Waals surface area contributed by atoms with Crippen LogP contribution >= 0.6 is 0 Å². The predicted molar refractivity (Wildman–Crippen MR) is 110 cm³/mol. The lowest BCUT2D eigenvalue weighted by Crippen LogP contribution is -2.34. The molecule has 0 radical (unpaired) electrons. The van der Waals surface area contributed by atoms with E-state index in [4.69, 9.17) is 28.7 Å². The van der Waals surface area contributed by atoms with Gasteiger partial charge in [0.15, 0.2) is 17.3 Å². The average molecular weight is 394 g/mol. The third-order valence-corrected chi connectivity index (χ3v) is 4.32. The van der Waals surface area contributed by atoms with Crippen LogP contribution in [0.15, 0.2) is 42.5 Å². The van der Waals surface area contributed by atoms with E-state index in [0.717, 1.165) is 12.1 Å². The first-order valence-electron chi connectivity index (χ1n) is 15.6. The first kappa shape index (κ1) is 8.58. The van der Waals surface area contributed by atoms with Gasteiger partial charge in [-0.3, -0.25) is 9.69 Å². The third-order valence-electron chi connectivity index (χ3n) is 4.32. The second kappa shape index (κ2) is 8.36. The van der Waals surface area contributed by atoms with E-state index < -0.39 is 73.7 Å². The summed E-state index contributed by atoms with van der Waals surface area (Å²) in [6.07, 6.45) is -15.5. The van der Waals surface area contributed by atoms with Crippen molar-refractivity contribution in [1.29, 1.82) is 0 Å². The summed E-state index contributed by atoms with van der Waals surface area (Å²) >= 11 is 0. The summed E-state index contributed by atoms with van der Waals surface area (Å²) in [5.41, 5.74) is -0.870. The fourth-order valence-corrected chi connectivity index (χ4v) is 2.92. The van der Waals surface area contributed by atoms with Gasteiger partial charge in [-0.15, -0.1) is 0 Å². The first-order valence-corrected chi connectivity index (χ1v) is 8.61. The number of hydrogen-bond acceptors (Lipinski definition) is 4. The number of carbonyl (C=O) groups excluding carboxylic acids is 1. The minimum atomic E-state index is -4.23. The number of methoxy groups -OCH3 is 2. The number of carbonyl (C=O) groups is 1. The first-order chi connectivity index (χ1) is 19.0. The molecular weight excluding hydrogens is 350 g/mol. The molecule has 4 rings (SSSR count). The van der Waals surface area contributed by atoms with Gasteiger partial charge in [0.25, 0.3) is 0 Å². The van der Waals surface area contributed by atoms with Gasteiger partial charge in [0.05, 0.1) is 14.2 Å². The van der Waals surface area contributed by atoms with Crippen molar-refractivity contribution in [2.75, 3.05) is 27.2 Å². The third kappa shape index (κ3) is 3.93. The molecule has 4 heteroatoms. The summed E-state index contributed by atoms with van der Waals surface area (Å²) in [5, 5.41) is 0. The maximum atomic E-state index is 13.8. The quantitative estimate of drug-likeness (QED) is 0.731. The van der Waals surface area contributed by atoms with Crippen LogP contribution in [0.3, 0.4) is 0 Å². The highest BCUT2D eigenvalue weighted by molar-refractivity contribution is 6.02. The average Bonchev–Trinajstić information content (AvgIpc) is 3.07. The minimum absolute atomic E-state index is 0.0849. The SMILES string of the molecule is [2H]C1([2H])c2cc(OC)c(OC)cc2C(=O)C1([2H])C([2H])([2H])C1([2H])C([2H])([2H])C([2H])([2H])N(Cc2ccccc2)C([2H])([2H])C1([2H])[2H]. The van der Waals surface area contributed by atoms with Gasteiger partial charge in [-0.05, 0) is 67.6 Å². The lowest BCUT2D eigenvalue weighted by Gasteiger charge is -2.32. The maximum Gasteiger partial charge on any atom is 0.166 e. The molecule has 1 saturated heterocycles. The van der Waals surface area contributed by atoms with E-state index in [1.54, 1.807) is 18.2 Å². The second-order valence-corrected chi connectivity index (χ2v) is 6.13. The van der Waals surface area contributed by atoms with Crippen LogP contribution in [-0.2, 0) is 12.9 Å². The minimum Gasteiger partial charge on any atom is -0.493 e. The lowest BCUT2D eigenvalue weighted by atomic mass is 9.85. The molecule has 2 aromatic carbocycles. The molecular formula is C24H29NO3. The van der Waals surface area contributed by atoms with Crippen molar-refractivity contribution < 1.29 is 33.5 Å². The van der Waals surface area contributed by atoms with Gasteiger partial charge in [0.2, 0.25) is 0 Å². The van der Waals surface area contributed by atoms with Gasteiger partial charge >= 0.3 is 0 Å². The van der Waals surface area contributed by atoms with Gasteiger partial charge < -0.3 is 9.47 Å². The Hall–Kier alpha value is -2.33. The fourth-order valence-electron chi connectivity index (χ4n) is 2.92. The van der Waals surface area contributed by atoms with Gasteiger partial charge in [-0.25, -0.2) is 0 Å². The topological polar surface area (TPSA) is 38.8 Å². The zero-order valence-corrected chi connectivity index (χ0v) is 15.4. The summed E-state index contributed by atoms with van der Waals surface area (Å²) in [6.45, 7) is -7.91. The molecule has 2 aromatic rings. The molecule has 1 heterocycles. The van der Waals surface area contributed by atoms with Crippen molar-refractivity contribution in [1.82, 2.24) is 4.90 Å². The van der Waals surface area contributed by atoms with Crippen molar-refractivity contribution in [3.8, 4) is 11.5 Å². The number of hydrogen-bond donors (Lipinski definition) is 0. The Bertz CT molecular complexity index is 1390. The highest BCUT2D eigenvalue weighted by atomic mass is 16.5. The van der Waals surface area contributed by atoms with Crippen LogP contribution in [0, 0.1) is 11.8 Å². The molecule has 0 saturated carbocycles. The highest BCUT2D eigenvalue weighted by Gasteiger charge is 2.34. The van der Waals surface area contributed by atoms with Gasteiger partial charge in [0, 0.05) is 37.2 Å². The molecule has 2 aliphatic rings. The zero-order chi connectivity index (χ0) is 32.1. The van der Waals surface area contributed by atoms with E-state index in [1.165, 1.54) is 26.4 Å². The number of Topliss-reactive ketones (excluding diaryl/α,β-unsaturated/α-hetero) is 1. The van der Waals surface area contributed by atoms with Crippen molar-refractivity contribution in [2.45, 2.75) is 32.0 Å². The Balaban J connectivity index is 1.99. The second-order valence-electron chi connectivity index (χ2n) is 6.13. The van der Waals surface area contributed by atoms with Crippen molar-refractivity contribution >= 4 is 5.78 Å². The van der Waals surface area contributed by atoms with Gasteiger partial charge in [0.1, 0.15) is 0 Å². The van der Waals surface area contributed by atoms with Crippen molar-refractivity contribution in [3.63, 3.8) is 0 Å². The van der Waals surface area contributed by atoms with Crippen LogP contribution in [0.25, 0.3) is 0 Å². The largest absolute Gasteiger partial charge is 0.493 e. The van der Waals surface area contributed by atoms with E-state index in [2.05, 4.69) is 0 Å². The number of benzene rings is 2. The highest BCUT2D eigenvalue weighted by Crippen LogP contribution is 2.39.